The summed E-state index contributed by atoms with van der Waals surface area (Å²) >= 11 is 0. The molecule has 2 aromatic rings. The third-order valence-corrected chi connectivity index (χ3v) is 2.89. The Morgan fingerprint density at radius 2 is 1.29 bits per heavy atom. The van der Waals surface area contributed by atoms with Crippen LogP contribution in [0, 0.1) is 11.3 Å². The second kappa shape index (κ2) is 7.81. The van der Waals surface area contributed by atoms with Gasteiger partial charge in [0.25, 0.3) is 0 Å². The molecule has 0 unspecified atom stereocenters. The molecule has 0 spiro atoms. The van der Waals surface area contributed by atoms with Crippen LogP contribution in [0.1, 0.15) is 5.56 Å². The van der Waals surface area contributed by atoms with Gasteiger partial charge in [-0.15, -0.1) is 0 Å². The van der Waals surface area contributed by atoms with Crippen molar-refractivity contribution in [2.24, 2.45) is 0 Å². The third-order valence-electron chi connectivity index (χ3n) is 2.89. The van der Waals surface area contributed by atoms with Gasteiger partial charge in [-0.25, -0.2) is 0 Å². The molecule has 0 N–H and O–H groups in total. The maximum Gasteiger partial charge on any atom is 0.122 e. The van der Waals surface area contributed by atoms with E-state index in [4.69, 9.17) is 19.5 Å². The minimum Gasteiger partial charge on any atom is -0.497 e. The summed E-state index contributed by atoms with van der Waals surface area (Å²) in [6.45, 7) is 0.926. The van der Waals surface area contributed by atoms with Gasteiger partial charge in [0, 0.05) is 0 Å². The predicted molar refractivity (Wildman–Crippen MR) is 79.7 cm³/mol. The van der Waals surface area contributed by atoms with Crippen LogP contribution in [0.4, 0.5) is 0 Å². The van der Waals surface area contributed by atoms with Crippen molar-refractivity contribution in [1.82, 2.24) is 0 Å². The summed E-state index contributed by atoms with van der Waals surface area (Å²) in [5.74, 6) is 2.36. The predicted octanol–water partition coefficient (Wildman–Crippen LogP) is 3.22. The molecule has 0 radical (unpaired) electrons. The number of nitrogens with zero attached hydrogens (tertiary/aromatic N) is 1. The van der Waals surface area contributed by atoms with Crippen LogP contribution in [-0.2, 0) is 6.42 Å². The van der Waals surface area contributed by atoms with Gasteiger partial charge < -0.3 is 14.2 Å². The summed E-state index contributed by atoms with van der Waals surface area (Å²) in [5.41, 5.74) is 0.985. The summed E-state index contributed by atoms with van der Waals surface area (Å²) in [5, 5.41) is 8.60. The van der Waals surface area contributed by atoms with Crippen molar-refractivity contribution in [3.05, 3.63) is 54.1 Å². The van der Waals surface area contributed by atoms with Gasteiger partial charge in [0.15, 0.2) is 0 Å². The fourth-order valence-electron chi connectivity index (χ4n) is 1.79. The Kier molecular flexibility index (Phi) is 5.48. The molecule has 108 valence electrons. The highest BCUT2D eigenvalue weighted by Gasteiger charge is 1.97. The Morgan fingerprint density at radius 3 is 1.76 bits per heavy atom. The summed E-state index contributed by atoms with van der Waals surface area (Å²) in [6, 6.07) is 17.0. The standard InChI is InChI=1S/C17H17NO3/c1-19-15-6-8-17(9-7-15)21-13-12-20-16-4-2-14(3-5-16)10-11-18/h2-9H,10,12-13H2,1H3. The molecule has 4 nitrogen and oxygen atoms in total. The summed E-state index contributed by atoms with van der Waals surface area (Å²) in [4.78, 5) is 0. The van der Waals surface area contributed by atoms with Crippen LogP contribution in [0.5, 0.6) is 17.2 Å². The first kappa shape index (κ1) is 14.7. The van der Waals surface area contributed by atoms with E-state index in [1.54, 1.807) is 7.11 Å². The van der Waals surface area contributed by atoms with E-state index >= 15 is 0 Å². The normalized spacial score (nSPS) is 9.71. The molecular weight excluding hydrogens is 266 g/mol. The van der Waals surface area contributed by atoms with Gasteiger partial charge in [-0.05, 0) is 42.0 Å². The Morgan fingerprint density at radius 1 is 0.810 bits per heavy atom. The quantitative estimate of drug-likeness (QED) is 0.732. The van der Waals surface area contributed by atoms with Gasteiger partial charge in [-0.3, -0.25) is 0 Å². The van der Waals surface area contributed by atoms with Gasteiger partial charge in [-0.1, -0.05) is 12.1 Å². The molecule has 0 aromatic heterocycles. The molecule has 2 rings (SSSR count). The van der Waals surface area contributed by atoms with Gasteiger partial charge in [0.1, 0.15) is 30.5 Å². The first-order valence-corrected chi connectivity index (χ1v) is 6.67. The zero-order valence-corrected chi connectivity index (χ0v) is 11.9. The van der Waals surface area contributed by atoms with Crippen LogP contribution in [-0.4, -0.2) is 20.3 Å². The van der Waals surface area contributed by atoms with E-state index in [9.17, 15) is 0 Å². The molecule has 0 atom stereocenters. The highest BCUT2D eigenvalue weighted by molar-refractivity contribution is 5.31. The molecule has 0 aliphatic rings. The molecule has 0 aliphatic carbocycles. The maximum atomic E-state index is 8.60. The van der Waals surface area contributed by atoms with Crippen molar-refractivity contribution < 1.29 is 14.2 Å². The van der Waals surface area contributed by atoms with Crippen molar-refractivity contribution in [2.75, 3.05) is 20.3 Å². The topological polar surface area (TPSA) is 51.5 Å². The minimum absolute atomic E-state index is 0.418. The van der Waals surface area contributed by atoms with E-state index in [1.807, 2.05) is 48.5 Å². The first-order valence-electron chi connectivity index (χ1n) is 6.67. The molecule has 2 aromatic carbocycles. The largest absolute Gasteiger partial charge is 0.497 e. The molecule has 0 bridgehead atoms. The number of methoxy groups -OCH3 is 1. The monoisotopic (exact) mass is 283 g/mol. The van der Waals surface area contributed by atoms with Crippen molar-refractivity contribution in [2.45, 2.75) is 6.42 Å². The van der Waals surface area contributed by atoms with E-state index in [2.05, 4.69) is 6.07 Å². The Hall–Kier alpha value is -2.67. The fraction of sp³-hybridized carbons (Fsp3) is 0.235. The smallest absolute Gasteiger partial charge is 0.122 e. The summed E-state index contributed by atoms with van der Waals surface area (Å²) < 4.78 is 16.2. The summed E-state index contributed by atoms with van der Waals surface area (Å²) in [7, 11) is 1.63. The lowest BCUT2D eigenvalue weighted by molar-refractivity contribution is 0.217. The lowest BCUT2D eigenvalue weighted by Crippen LogP contribution is -2.08. The van der Waals surface area contributed by atoms with Crippen LogP contribution in [0.3, 0.4) is 0 Å². The molecule has 0 amide bonds. The molecular formula is C17H17NO3. The number of hydrogen-bond acceptors (Lipinski definition) is 4. The number of ether oxygens (including phenoxy) is 3. The molecule has 0 saturated carbocycles. The number of rotatable bonds is 7. The molecule has 0 heterocycles. The molecule has 0 aliphatic heterocycles. The van der Waals surface area contributed by atoms with Crippen LogP contribution in [0.15, 0.2) is 48.5 Å². The average Bonchev–Trinajstić information content (AvgIpc) is 2.54. The minimum atomic E-state index is 0.418. The van der Waals surface area contributed by atoms with E-state index in [0.717, 1.165) is 22.8 Å². The van der Waals surface area contributed by atoms with Crippen molar-refractivity contribution in [1.29, 1.82) is 5.26 Å². The Labute approximate surface area is 124 Å². The van der Waals surface area contributed by atoms with Gasteiger partial charge in [-0.2, -0.15) is 5.26 Å². The first-order chi connectivity index (χ1) is 10.3. The van der Waals surface area contributed by atoms with Gasteiger partial charge >= 0.3 is 0 Å². The zero-order chi connectivity index (χ0) is 14.9. The van der Waals surface area contributed by atoms with Crippen LogP contribution < -0.4 is 14.2 Å². The van der Waals surface area contributed by atoms with Gasteiger partial charge in [0.2, 0.25) is 0 Å². The van der Waals surface area contributed by atoms with E-state index in [-0.39, 0.29) is 0 Å². The average molecular weight is 283 g/mol. The number of hydrogen-bond donors (Lipinski definition) is 0. The second-order valence-electron chi connectivity index (χ2n) is 4.35. The van der Waals surface area contributed by atoms with Gasteiger partial charge in [0.05, 0.1) is 19.6 Å². The Bertz CT molecular complexity index is 585. The van der Waals surface area contributed by atoms with Crippen molar-refractivity contribution in [3.8, 4) is 23.3 Å². The molecule has 4 heteroatoms. The lowest BCUT2D eigenvalue weighted by Gasteiger charge is -2.09. The van der Waals surface area contributed by atoms with Crippen LogP contribution in [0.2, 0.25) is 0 Å². The van der Waals surface area contributed by atoms with Crippen LogP contribution >= 0.6 is 0 Å². The van der Waals surface area contributed by atoms with E-state index in [1.165, 1.54) is 0 Å². The highest BCUT2D eigenvalue weighted by atomic mass is 16.5. The molecule has 0 fully saturated rings. The second-order valence-corrected chi connectivity index (χ2v) is 4.35. The van der Waals surface area contributed by atoms with Crippen molar-refractivity contribution >= 4 is 0 Å². The van der Waals surface area contributed by atoms with Crippen LogP contribution in [0.25, 0.3) is 0 Å². The van der Waals surface area contributed by atoms with E-state index in [0.29, 0.717) is 19.6 Å². The molecule has 21 heavy (non-hydrogen) atoms. The third kappa shape index (κ3) is 4.73. The fourth-order valence-corrected chi connectivity index (χ4v) is 1.79. The lowest BCUT2D eigenvalue weighted by atomic mass is 10.2. The number of nitriles is 1. The summed E-state index contributed by atoms with van der Waals surface area (Å²) in [6.07, 6.45) is 0.418. The molecule has 0 saturated heterocycles. The maximum absolute atomic E-state index is 8.60. The SMILES string of the molecule is COc1ccc(OCCOc2ccc(CC#N)cc2)cc1. The zero-order valence-electron chi connectivity index (χ0n) is 11.9. The van der Waals surface area contributed by atoms with Crippen molar-refractivity contribution in [3.63, 3.8) is 0 Å². The Balaban J connectivity index is 1.72. The van der Waals surface area contributed by atoms with E-state index < -0.39 is 0 Å². The number of benzene rings is 2. The highest BCUT2D eigenvalue weighted by Crippen LogP contribution is 2.17.